The number of aliphatic carboxylic acids is 1. The van der Waals surface area contributed by atoms with Gasteiger partial charge in [-0.3, -0.25) is 4.79 Å². The zero-order valence-electron chi connectivity index (χ0n) is 9.55. The SMILES string of the molecule is CN(C)c1ccc(C(N)CCC(=O)O)cn1. The second-order valence-electron chi connectivity index (χ2n) is 3.88. The van der Waals surface area contributed by atoms with Crippen molar-refractivity contribution in [3.05, 3.63) is 23.9 Å². The lowest BCUT2D eigenvalue weighted by Crippen LogP contribution is -2.14. The van der Waals surface area contributed by atoms with Gasteiger partial charge in [0.05, 0.1) is 0 Å². The van der Waals surface area contributed by atoms with Crippen molar-refractivity contribution in [2.45, 2.75) is 18.9 Å². The molecule has 0 saturated carbocycles. The molecule has 0 amide bonds. The number of carboxylic acids is 1. The van der Waals surface area contributed by atoms with Gasteiger partial charge in [-0.2, -0.15) is 0 Å². The third-order valence-electron chi connectivity index (χ3n) is 2.33. The second kappa shape index (κ2) is 5.46. The lowest BCUT2D eigenvalue weighted by atomic mass is 10.1. The highest BCUT2D eigenvalue weighted by molar-refractivity contribution is 5.66. The Balaban J connectivity index is 2.62. The van der Waals surface area contributed by atoms with Gasteiger partial charge in [-0.25, -0.2) is 4.98 Å². The van der Waals surface area contributed by atoms with Crippen molar-refractivity contribution in [2.24, 2.45) is 5.73 Å². The van der Waals surface area contributed by atoms with E-state index in [4.69, 9.17) is 10.8 Å². The van der Waals surface area contributed by atoms with Crippen molar-refractivity contribution in [1.82, 2.24) is 4.98 Å². The average molecular weight is 223 g/mol. The predicted octanol–water partition coefficient (Wildman–Crippen LogP) is 1.01. The van der Waals surface area contributed by atoms with Gasteiger partial charge in [0.25, 0.3) is 0 Å². The lowest BCUT2D eigenvalue weighted by Gasteiger charge is -2.14. The molecule has 0 bridgehead atoms. The molecule has 0 radical (unpaired) electrons. The Kier molecular flexibility index (Phi) is 4.25. The molecule has 0 saturated heterocycles. The highest BCUT2D eigenvalue weighted by Crippen LogP contribution is 2.17. The topological polar surface area (TPSA) is 79.5 Å². The van der Waals surface area contributed by atoms with Crippen molar-refractivity contribution < 1.29 is 9.90 Å². The number of carboxylic acid groups (broad SMARTS) is 1. The Labute approximate surface area is 94.9 Å². The van der Waals surface area contributed by atoms with Crippen LogP contribution in [0.5, 0.6) is 0 Å². The maximum atomic E-state index is 10.4. The van der Waals surface area contributed by atoms with E-state index in [0.29, 0.717) is 6.42 Å². The van der Waals surface area contributed by atoms with Gasteiger partial charge >= 0.3 is 5.97 Å². The van der Waals surface area contributed by atoms with Crippen molar-refractivity contribution in [1.29, 1.82) is 0 Å². The van der Waals surface area contributed by atoms with Gasteiger partial charge in [-0.1, -0.05) is 6.07 Å². The first kappa shape index (κ1) is 12.4. The van der Waals surface area contributed by atoms with E-state index >= 15 is 0 Å². The molecule has 5 heteroatoms. The van der Waals surface area contributed by atoms with Gasteiger partial charge in [0.2, 0.25) is 0 Å². The number of nitrogens with two attached hydrogens (primary N) is 1. The first-order valence-electron chi connectivity index (χ1n) is 5.11. The largest absolute Gasteiger partial charge is 0.481 e. The number of hydrogen-bond acceptors (Lipinski definition) is 4. The van der Waals surface area contributed by atoms with Crippen LogP contribution < -0.4 is 10.6 Å². The molecule has 0 fully saturated rings. The van der Waals surface area contributed by atoms with Crippen molar-refractivity contribution in [2.75, 3.05) is 19.0 Å². The first-order valence-corrected chi connectivity index (χ1v) is 5.11. The number of pyridine rings is 1. The highest BCUT2D eigenvalue weighted by atomic mass is 16.4. The molecule has 0 aliphatic heterocycles. The van der Waals surface area contributed by atoms with Crippen molar-refractivity contribution >= 4 is 11.8 Å². The summed E-state index contributed by atoms with van der Waals surface area (Å²) < 4.78 is 0. The molecule has 1 rings (SSSR count). The quantitative estimate of drug-likeness (QED) is 0.778. The van der Waals surface area contributed by atoms with Gasteiger partial charge in [0.15, 0.2) is 0 Å². The molecule has 0 aromatic carbocycles. The van der Waals surface area contributed by atoms with Gasteiger partial charge < -0.3 is 15.7 Å². The molecular formula is C11H17N3O2. The van der Waals surface area contributed by atoms with E-state index in [0.717, 1.165) is 11.4 Å². The molecule has 1 unspecified atom stereocenters. The Morgan fingerprint density at radius 1 is 1.56 bits per heavy atom. The maximum Gasteiger partial charge on any atom is 0.303 e. The monoisotopic (exact) mass is 223 g/mol. The minimum atomic E-state index is -0.826. The fourth-order valence-corrected chi connectivity index (χ4v) is 1.33. The van der Waals surface area contributed by atoms with E-state index in [1.165, 1.54) is 0 Å². The average Bonchev–Trinajstić information content (AvgIpc) is 2.26. The van der Waals surface area contributed by atoms with Crippen LogP contribution in [0, 0.1) is 0 Å². The Bertz CT molecular complexity index is 349. The summed E-state index contributed by atoms with van der Waals surface area (Å²) in [6.07, 6.45) is 2.21. The summed E-state index contributed by atoms with van der Waals surface area (Å²) in [5.74, 6) is 0.0301. The molecule has 3 N–H and O–H groups in total. The van der Waals surface area contributed by atoms with Crippen molar-refractivity contribution in [3.63, 3.8) is 0 Å². The number of anilines is 1. The molecular weight excluding hydrogens is 206 g/mol. The summed E-state index contributed by atoms with van der Waals surface area (Å²) in [4.78, 5) is 16.5. The normalized spacial score (nSPS) is 12.2. The van der Waals surface area contributed by atoms with Crippen LogP contribution >= 0.6 is 0 Å². The third kappa shape index (κ3) is 3.51. The van der Waals surface area contributed by atoms with Crippen molar-refractivity contribution in [3.8, 4) is 0 Å². The maximum absolute atomic E-state index is 10.4. The summed E-state index contributed by atoms with van der Waals surface area (Å²) in [6.45, 7) is 0. The van der Waals surface area contributed by atoms with E-state index in [1.807, 2.05) is 31.1 Å². The smallest absolute Gasteiger partial charge is 0.303 e. The van der Waals surface area contributed by atoms with E-state index in [9.17, 15) is 4.79 Å². The molecule has 1 aromatic rings. The van der Waals surface area contributed by atoms with Crippen LogP contribution in [0.4, 0.5) is 5.82 Å². The molecule has 88 valence electrons. The minimum Gasteiger partial charge on any atom is -0.481 e. The van der Waals surface area contributed by atoms with Gasteiger partial charge in [0.1, 0.15) is 5.82 Å². The summed E-state index contributed by atoms with van der Waals surface area (Å²) in [6, 6.07) is 3.49. The summed E-state index contributed by atoms with van der Waals surface area (Å²) >= 11 is 0. The number of nitrogens with zero attached hydrogens (tertiary/aromatic N) is 2. The van der Waals surface area contributed by atoms with E-state index in [2.05, 4.69) is 4.98 Å². The van der Waals surface area contributed by atoms with Gasteiger partial charge in [-0.15, -0.1) is 0 Å². The van der Waals surface area contributed by atoms with E-state index < -0.39 is 5.97 Å². The number of aromatic nitrogens is 1. The third-order valence-corrected chi connectivity index (χ3v) is 2.33. The zero-order chi connectivity index (χ0) is 12.1. The predicted molar refractivity (Wildman–Crippen MR) is 62.4 cm³/mol. The fraction of sp³-hybridized carbons (Fsp3) is 0.455. The molecule has 5 nitrogen and oxygen atoms in total. The van der Waals surface area contributed by atoms with Crippen LogP contribution in [0.3, 0.4) is 0 Å². The summed E-state index contributed by atoms with van der Waals surface area (Å²) in [5.41, 5.74) is 6.72. The standard InChI is InChI=1S/C11H17N3O2/c1-14(2)10-5-3-8(7-13-10)9(12)4-6-11(15)16/h3,5,7,9H,4,6,12H2,1-2H3,(H,15,16). The van der Waals surface area contributed by atoms with E-state index in [-0.39, 0.29) is 12.5 Å². The van der Waals surface area contributed by atoms with Crippen LogP contribution in [-0.2, 0) is 4.79 Å². The highest BCUT2D eigenvalue weighted by Gasteiger charge is 2.09. The summed E-state index contributed by atoms with van der Waals surface area (Å²) in [7, 11) is 3.82. The minimum absolute atomic E-state index is 0.0800. The number of carbonyl (C=O) groups is 1. The Morgan fingerprint density at radius 2 is 2.25 bits per heavy atom. The molecule has 1 heterocycles. The van der Waals surface area contributed by atoms with Crippen LogP contribution in [0.25, 0.3) is 0 Å². The van der Waals surface area contributed by atoms with Crippen LogP contribution in [0.2, 0.25) is 0 Å². The molecule has 0 spiro atoms. The van der Waals surface area contributed by atoms with Gasteiger partial charge in [0, 0.05) is 32.8 Å². The molecule has 1 atom stereocenters. The summed E-state index contributed by atoms with van der Waals surface area (Å²) in [5, 5.41) is 8.55. The Hall–Kier alpha value is -1.62. The zero-order valence-corrected chi connectivity index (χ0v) is 9.55. The Morgan fingerprint density at radius 3 is 2.69 bits per heavy atom. The van der Waals surface area contributed by atoms with Crippen LogP contribution in [0.15, 0.2) is 18.3 Å². The lowest BCUT2D eigenvalue weighted by molar-refractivity contribution is -0.137. The van der Waals surface area contributed by atoms with Crippen LogP contribution in [-0.4, -0.2) is 30.2 Å². The molecule has 0 aliphatic carbocycles. The number of rotatable bonds is 5. The molecule has 0 aliphatic rings. The molecule has 16 heavy (non-hydrogen) atoms. The first-order chi connectivity index (χ1) is 7.50. The fourth-order valence-electron chi connectivity index (χ4n) is 1.33. The second-order valence-corrected chi connectivity index (χ2v) is 3.88. The molecule has 1 aromatic heterocycles. The van der Waals surface area contributed by atoms with Crippen LogP contribution in [0.1, 0.15) is 24.4 Å². The van der Waals surface area contributed by atoms with Gasteiger partial charge in [-0.05, 0) is 18.1 Å². The number of hydrogen-bond donors (Lipinski definition) is 2. The van der Waals surface area contributed by atoms with E-state index in [1.54, 1.807) is 6.20 Å².